The predicted molar refractivity (Wildman–Crippen MR) is 65.2 cm³/mol. The second kappa shape index (κ2) is 8.78. The molecule has 0 saturated carbocycles. The molecule has 3 heteroatoms. The molecule has 0 spiro atoms. The third kappa shape index (κ3) is 8.53. The summed E-state index contributed by atoms with van der Waals surface area (Å²) in [6.07, 6.45) is 4.95. The van der Waals surface area contributed by atoms with Crippen molar-refractivity contribution in [2.45, 2.75) is 39.5 Å². The van der Waals surface area contributed by atoms with Crippen molar-refractivity contribution in [1.82, 2.24) is 5.32 Å². The molecule has 0 unspecified atom stereocenters. The minimum absolute atomic E-state index is 0.120. The van der Waals surface area contributed by atoms with Gasteiger partial charge in [0.15, 0.2) is 0 Å². The van der Waals surface area contributed by atoms with E-state index in [9.17, 15) is 4.79 Å². The fraction of sp³-hybridized carbons (Fsp3) is 0.900. The molecule has 0 bridgehead atoms. The van der Waals surface area contributed by atoms with Crippen LogP contribution in [0.5, 0.6) is 0 Å². The number of hydrogen-bond donors (Lipinski definition) is 1. The van der Waals surface area contributed by atoms with Crippen LogP contribution in [-0.2, 0) is 4.79 Å². The number of nitrogens with one attached hydrogen (secondary N) is 1. The summed E-state index contributed by atoms with van der Waals surface area (Å²) in [6, 6.07) is 0. The Morgan fingerprint density at radius 1 is 1.23 bits per heavy atom. The molecular formula is C10H20INO. The van der Waals surface area contributed by atoms with Gasteiger partial charge in [-0.3, -0.25) is 4.79 Å². The van der Waals surface area contributed by atoms with Gasteiger partial charge in [0.25, 0.3) is 0 Å². The Labute approximate surface area is 95.0 Å². The van der Waals surface area contributed by atoms with Gasteiger partial charge < -0.3 is 5.32 Å². The van der Waals surface area contributed by atoms with E-state index >= 15 is 0 Å². The van der Waals surface area contributed by atoms with Gasteiger partial charge in [-0.15, -0.1) is 0 Å². The molecule has 2 nitrogen and oxygen atoms in total. The van der Waals surface area contributed by atoms with Gasteiger partial charge >= 0.3 is 0 Å². The van der Waals surface area contributed by atoms with Crippen LogP contribution in [0.25, 0.3) is 0 Å². The van der Waals surface area contributed by atoms with Crippen LogP contribution in [0.4, 0.5) is 0 Å². The lowest BCUT2D eigenvalue weighted by atomic mass is 10.2. The second-order valence-electron chi connectivity index (χ2n) is 3.55. The number of halogens is 1. The molecule has 0 aliphatic rings. The summed E-state index contributed by atoms with van der Waals surface area (Å²) >= 11 is 2.40. The zero-order valence-electron chi connectivity index (χ0n) is 8.61. The summed E-state index contributed by atoms with van der Waals surface area (Å²) in [4.78, 5) is 11.1. The maximum atomic E-state index is 11.1. The number of carbonyl (C=O) groups is 1. The van der Waals surface area contributed by atoms with E-state index in [0.717, 1.165) is 13.0 Å². The maximum absolute atomic E-state index is 11.1. The van der Waals surface area contributed by atoms with Gasteiger partial charge in [0, 0.05) is 12.5 Å². The Hall–Kier alpha value is 0.200. The van der Waals surface area contributed by atoms with E-state index in [1.54, 1.807) is 0 Å². The molecule has 0 aliphatic heterocycles. The fourth-order valence-corrected chi connectivity index (χ4v) is 1.53. The Kier molecular flexibility index (Phi) is 8.92. The molecule has 0 atom stereocenters. The monoisotopic (exact) mass is 297 g/mol. The highest BCUT2D eigenvalue weighted by atomic mass is 127. The van der Waals surface area contributed by atoms with Crippen LogP contribution >= 0.6 is 22.6 Å². The summed E-state index contributed by atoms with van der Waals surface area (Å²) in [5.41, 5.74) is 0. The summed E-state index contributed by atoms with van der Waals surface area (Å²) in [7, 11) is 0. The number of carbonyl (C=O) groups excluding carboxylic acids is 1. The Bertz CT molecular complexity index is 137. The van der Waals surface area contributed by atoms with Gasteiger partial charge in [-0.25, -0.2) is 0 Å². The fourth-order valence-electron chi connectivity index (χ4n) is 0.989. The quantitative estimate of drug-likeness (QED) is 0.437. The van der Waals surface area contributed by atoms with Crippen molar-refractivity contribution in [3.63, 3.8) is 0 Å². The topological polar surface area (TPSA) is 29.1 Å². The van der Waals surface area contributed by atoms with E-state index < -0.39 is 0 Å². The minimum atomic E-state index is 0.120. The van der Waals surface area contributed by atoms with E-state index in [4.69, 9.17) is 0 Å². The van der Waals surface area contributed by atoms with Gasteiger partial charge in [-0.2, -0.15) is 0 Å². The zero-order valence-corrected chi connectivity index (χ0v) is 10.8. The third-order valence-electron chi connectivity index (χ3n) is 1.88. The third-order valence-corrected chi connectivity index (χ3v) is 2.65. The lowest BCUT2D eigenvalue weighted by Crippen LogP contribution is -2.28. The molecule has 78 valence electrons. The van der Waals surface area contributed by atoms with E-state index in [0.29, 0.717) is 0 Å². The lowest BCUT2D eigenvalue weighted by Gasteiger charge is -2.06. The van der Waals surface area contributed by atoms with Gasteiger partial charge in [0.1, 0.15) is 0 Å². The molecule has 1 amide bonds. The first-order chi connectivity index (χ1) is 6.18. The molecule has 0 rings (SSSR count). The van der Waals surface area contributed by atoms with Crippen LogP contribution in [-0.4, -0.2) is 16.9 Å². The Balaban J connectivity index is 3.12. The van der Waals surface area contributed by atoms with E-state index in [-0.39, 0.29) is 11.8 Å². The maximum Gasteiger partial charge on any atom is 0.222 e. The summed E-state index contributed by atoms with van der Waals surface area (Å²) in [5, 5.41) is 2.92. The van der Waals surface area contributed by atoms with Crippen LogP contribution in [0, 0.1) is 5.92 Å². The number of rotatable bonds is 7. The van der Waals surface area contributed by atoms with Crippen molar-refractivity contribution >= 4 is 28.5 Å². The Morgan fingerprint density at radius 3 is 2.38 bits per heavy atom. The van der Waals surface area contributed by atoms with Crippen molar-refractivity contribution in [3.05, 3.63) is 0 Å². The largest absolute Gasteiger partial charge is 0.356 e. The predicted octanol–water partition coefficient (Wildman–Crippen LogP) is 2.75. The smallest absolute Gasteiger partial charge is 0.222 e. The second-order valence-corrected chi connectivity index (χ2v) is 4.63. The van der Waals surface area contributed by atoms with Crippen LogP contribution < -0.4 is 5.32 Å². The SMILES string of the molecule is CC(C)C(=O)NCCCCCCI. The summed E-state index contributed by atoms with van der Waals surface area (Å²) in [5.74, 6) is 0.295. The zero-order chi connectivity index (χ0) is 10.1. The molecule has 0 saturated heterocycles. The van der Waals surface area contributed by atoms with Gasteiger partial charge in [-0.05, 0) is 17.3 Å². The van der Waals surface area contributed by atoms with Gasteiger partial charge in [0.05, 0.1) is 0 Å². The van der Waals surface area contributed by atoms with Gasteiger partial charge in [0.2, 0.25) is 5.91 Å². The van der Waals surface area contributed by atoms with E-state index in [2.05, 4.69) is 27.9 Å². The standard InChI is InChI=1S/C10H20INO/c1-9(2)10(13)12-8-6-4-3-5-7-11/h9H,3-8H2,1-2H3,(H,12,13). The molecule has 0 aromatic rings. The number of unbranched alkanes of at least 4 members (excludes halogenated alkanes) is 3. The van der Waals surface area contributed by atoms with Crippen molar-refractivity contribution in [2.24, 2.45) is 5.92 Å². The normalized spacial score (nSPS) is 10.5. The highest BCUT2D eigenvalue weighted by Crippen LogP contribution is 2.01. The lowest BCUT2D eigenvalue weighted by molar-refractivity contribution is -0.123. The van der Waals surface area contributed by atoms with Crippen molar-refractivity contribution in [3.8, 4) is 0 Å². The molecule has 0 radical (unpaired) electrons. The van der Waals surface area contributed by atoms with Crippen LogP contribution in [0.3, 0.4) is 0 Å². The van der Waals surface area contributed by atoms with E-state index in [1.807, 2.05) is 13.8 Å². The van der Waals surface area contributed by atoms with E-state index in [1.165, 1.54) is 23.7 Å². The first-order valence-electron chi connectivity index (χ1n) is 5.02. The van der Waals surface area contributed by atoms with Crippen LogP contribution in [0.15, 0.2) is 0 Å². The van der Waals surface area contributed by atoms with Gasteiger partial charge in [-0.1, -0.05) is 49.3 Å². The molecule has 0 fully saturated rings. The van der Waals surface area contributed by atoms with Crippen molar-refractivity contribution in [2.75, 3.05) is 11.0 Å². The first-order valence-corrected chi connectivity index (χ1v) is 6.54. The number of amides is 1. The summed E-state index contributed by atoms with van der Waals surface area (Å²) < 4.78 is 1.25. The highest BCUT2D eigenvalue weighted by molar-refractivity contribution is 14.1. The minimum Gasteiger partial charge on any atom is -0.356 e. The molecule has 0 aliphatic carbocycles. The molecule has 1 N–H and O–H groups in total. The molecule has 0 aromatic heterocycles. The molecular weight excluding hydrogens is 277 g/mol. The number of alkyl halides is 1. The average Bonchev–Trinajstić information content (AvgIpc) is 2.10. The van der Waals surface area contributed by atoms with Crippen molar-refractivity contribution in [1.29, 1.82) is 0 Å². The summed E-state index contributed by atoms with van der Waals surface area (Å²) in [6.45, 7) is 4.69. The first kappa shape index (κ1) is 13.2. The molecule has 13 heavy (non-hydrogen) atoms. The Morgan fingerprint density at radius 2 is 1.85 bits per heavy atom. The van der Waals surface area contributed by atoms with Crippen LogP contribution in [0.2, 0.25) is 0 Å². The molecule has 0 heterocycles. The van der Waals surface area contributed by atoms with Crippen molar-refractivity contribution < 1.29 is 4.79 Å². The number of hydrogen-bond acceptors (Lipinski definition) is 1. The van der Waals surface area contributed by atoms with Crippen LogP contribution in [0.1, 0.15) is 39.5 Å². The molecule has 0 aromatic carbocycles. The highest BCUT2D eigenvalue weighted by Gasteiger charge is 2.04. The average molecular weight is 297 g/mol.